The average molecular weight is 505 g/mol. The van der Waals surface area contributed by atoms with E-state index in [0.29, 0.717) is 25.7 Å². The van der Waals surface area contributed by atoms with Crippen LogP contribution >= 0.6 is 0 Å². The quantitative estimate of drug-likeness (QED) is 0.361. The molecule has 11 atom stereocenters. The number of carbonyl (C=O) groups is 1. The van der Waals surface area contributed by atoms with E-state index in [1.165, 1.54) is 0 Å². The van der Waals surface area contributed by atoms with Crippen LogP contribution in [0.15, 0.2) is 11.6 Å². The number of allylic oxidation sites excluding steroid dienone is 1. The van der Waals surface area contributed by atoms with Crippen molar-refractivity contribution < 1.29 is 30.3 Å². The standard InChI is InChI=1S/C30H48O6/c1-25(2)11-13-30(24(35)36)14-12-28(5)17(21(30)23(25)34)7-8-20-26(3)15-18(32)22(33)27(4,16-31)19(26)9-10-29(20,28)6/h7,18-23,31-34H,8-16H2,1-6H3,(H,35,36)/t18-,19-,20-,21+,22+,23-,26+,27+,28-,29-,30+/m1/s1. The fraction of sp³-hybridized carbons (Fsp3) is 0.900. The Bertz CT molecular complexity index is 974. The van der Waals surface area contributed by atoms with Crippen LogP contribution in [0.5, 0.6) is 0 Å². The summed E-state index contributed by atoms with van der Waals surface area (Å²) in [5.74, 6) is -0.833. The molecular formula is C30H48O6. The van der Waals surface area contributed by atoms with Gasteiger partial charge in [-0.15, -0.1) is 0 Å². The first-order valence-electron chi connectivity index (χ1n) is 14.1. The molecule has 5 rings (SSSR count). The van der Waals surface area contributed by atoms with Crippen molar-refractivity contribution in [3.8, 4) is 0 Å². The fourth-order valence-electron chi connectivity index (χ4n) is 10.8. The second-order valence-electron chi connectivity index (χ2n) is 15.0. The molecule has 6 heteroatoms. The van der Waals surface area contributed by atoms with Crippen molar-refractivity contribution in [3.05, 3.63) is 11.6 Å². The van der Waals surface area contributed by atoms with E-state index in [9.17, 15) is 30.3 Å². The molecule has 5 aliphatic rings. The van der Waals surface area contributed by atoms with Crippen LogP contribution in [0, 0.1) is 50.2 Å². The summed E-state index contributed by atoms with van der Waals surface area (Å²) < 4.78 is 0. The zero-order chi connectivity index (χ0) is 26.7. The molecule has 0 bridgehead atoms. The highest BCUT2D eigenvalue weighted by Gasteiger charge is 2.71. The lowest BCUT2D eigenvalue weighted by Crippen LogP contribution is -2.69. The van der Waals surface area contributed by atoms with Crippen molar-refractivity contribution in [2.75, 3.05) is 6.61 Å². The lowest BCUT2D eigenvalue weighted by atomic mass is 9.33. The minimum Gasteiger partial charge on any atom is -0.481 e. The summed E-state index contributed by atoms with van der Waals surface area (Å²) in [5, 5.41) is 54.5. The SMILES string of the molecule is CC1(C)CC[C@]2(C(=O)O)CC[C@]3(C)C(=CC[C@@H]4[C@@]5(C)C[C@@H](O)[C@H](O)[C@@](C)(CO)[C@@H]5CC[C@]43C)[C@H]2[C@H]1O. The third-order valence-electron chi connectivity index (χ3n) is 13.4. The molecule has 0 heterocycles. The molecule has 204 valence electrons. The molecule has 4 fully saturated rings. The Kier molecular flexibility index (Phi) is 5.77. The lowest BCUT2D eigenvalue weighted by Gasteiger charge is -2.71. The predicted octanol–water partition coefficient (Wildman–Crippen LogP) is 4.15. The first-order valence-corrected chi connectivity index (χ1v) is 14.1. The summed E-state index contributed by atoms with van der Waals surface area (Å²) in [7, 11) is 0. The fourth-order valence-corrected chi connectivity index (χ4v) is 10.8. The monoisotopic (exact) mass is 504 g/mol. The lowest BCUT2D eigenvalue weighted by molar-refractivity contribution is -0.245. The molecule has 0 aromatic heterocycles. The molecule has 0 unspecified atom stereocenters. The third kappa shape index (κ3) is 2.96. The first kappa shape index (κ1) is 26.6. The molecule has 0 spiro atoms. The van der Waals surface area contributed by atoms with E-state index in [4.69, 9.17) is 0 Å². The number of hydrogen-bond acceptors (Lipinski definition) is 5. The number of aliphatic hydroxyl groups is 4. The molecule has 5 aliphatic carbocycles. The van der Waals surface area contributed by atoms with Gasteiger partial charge < -0.3 is 25.5 Å². The summed E-state index contributed by atoms with van der Waals surface area (Å²) in [6.45, 7) is 12.9. The van der Waals surface area contributed by atoms with E-state index in [2.05, 4.69) is 40.7 Å². The normalized spacial score (nSPS) is 55.9. The van der Waals surface area contributed by atoms with Gasteiger partial charge in [0.2, 0.25) is 0 Å². The Labute approximate surface area is 216 Å². The summed E-state index contributed by atoms with van der Waals surface area (Å²) in [4.78, 5) is 12.8. The van der Waals surface area contributed by atoms with Crippen LogP contribution in [0.2, 0.25) is 0 Å². The highest BCUT2D eigenvalue weighted by molar-refractivity contribution is 5.77. The highest BCUT2D eigenvalue weighted by atomic mass is 16.4. The second-order valence-corrected chi connectivity index (χ2v) is 15.0. The number of carboxylic acid groups (broad SMARTS) is 1. The van der Waals surface area contributed by atoms with E-state index in [1.807, 2.05) is 6.92 Å². The van der Waals surface area contributed by atoms with Gasteiger partial charge in [0, 0.05) is 11.3 Å². The van der Waals surface area contributed by atoms with Crippen LogP contribution in [-0.4, -0.2) is 56.4 Å². The minimum atomic E-state index is -0.944. The second kappa shape index (κ2) is 7.80. The van der Waals surface area contributed by atoms with Gasteiger partial charge in [-0.1, -0.05) is 53.2 Å². The molecule has 0 aromatic rings. The molecule has 5 N–H and O–H groups in total. The van der Waals surface area contributed by atoms with Gasteiger partial charge in [0.1, 0.15) is 0 Å². The van der Waals surface area contributed by atoms with Gasteiger partial charge in [-0.2, -0.15) is 0 Å². The Morgan fingerprint density at radius 2 is 1.56 bits per heavy atom. The molecule has 6 nitrogen and oxygen atoms in total. The topological polar surface area (TPSA) is 118 Å². The van der Waals surface area contributed by atoms with E-state index in [1.54, 1.807) is 0 Å². The van der Waals surface area contributed by atoms with Gasteiger partial charge in [-0.25, -0.2) is 0 Å². The van der Waals surface area contributed by atoms with Crippen LogP contribution in [0.3, 0.4) is 0 Å². The summed E-state index contributed by atoms with van der Waals surface area (Å²) in [5.41, 5.74) is -1.50. The zero-order valence-corrected chi connectivity index (χ0v) is 23.0. The van der Waals surface area contributed by atoms with Crippen molar-refractivity contribution in [1.29, 1.82) is 0 Å². The number of rotatable bonds is 2. The molecule has 4 saturated carbocycles. The third-order valence-corrected chi connectivity index (χ3v) is 13.4. The Balaban J connectivity index is 1.63. The van der Waals surface area contributed by atoms with Crippen LogP contribution in [0.1, 0.15) is 92.9 Å². The Hall–Kier alpha value is -0.950. The van der Waals surface area contributed by atoms with E-state index < -0.39 is 35.1 Å². The smallest absolute Gasteiger partial charge is 0.310 e. The maximum absolute atomic E-state index is 12.8. The van der Waals surface area contributed by atoms with E-state index in [-0.39, 0.29) is 46.0 Å². The molecule has 36 heavy (non-hydrogen) atoms. The van der Waals surface area contributed by atoms with E-state index in [0.717, 1.165) is 31.3 Å². The van der Waals surface area contributed by atoms with Crippen LogP contribution in [0.25, 0.3) is 0 Å². The molecule has 0 aliphatic heterocycles. The molecule has 0 aromatic carbocycles. The minimum absolute atomic E-state index is 0.0888. The Morgan fingerprint density at radius 1 is 0.917 bits per heavy atom. The summed E-state index contributed by atoms with van der Waals surface area (Å²) in [6.07, 6.45) is 5.48. The molecule has 0 saturated heterocycles. The predicted molar refractivity (Wildman–Crippen MR) is 137 cm³/mol. The zero-order valence-electron chi connectivity index (χ0n) is 23.0. The maximum atomic E-state index is 12.8. The number of aliphatic hydroxyl groups excluding tert-OH is 4. The van der Waals surface area contributed by atoms with Gasteiger partial charge in [0.25, 0.3) is 0 Å². The van der Waals surface area contributed by atoms with Gasteiger partial charge in [0.05, 0.1) is 30.3 Å². The number of aliphatic carboxylic acids is 1. The largest absolute Gasteiger partial charge is 0.481 e. The number of hydrogen-bond donors (Lipinski definition) is 5. The van der Waals surface area contributed by atoms with Crippen molar-refractivity contribution in [2.45, 2.75) is 111 Å². The number of fused-ring (bicyclic) bond motifs is 7. The Morgan fingerprint density at radius 3 is 2.17 bits per heavy atom. The molecular weight excluding hydrogens is 456 g/mol. The van der Waals surface area contributed by atoms with Gasteiger partial charge >= 0.3 is 5.97 Å². The molecule has 0 radical (unpaired) electrons. The summed E-state index contributed by atoms with van der Waals surface area (Å²) >= 11 is 0. The summed E-state index contributed by atoms with van der Waals surface area (Å²) in [6, 6.07) is 0. The van der Waals surface area contributed by atoms with Crippen molar-refractivity contribution in [3.63, 3.8) is 0 Å². The number of carboxylic acids is 1. The van der Waals surface area contributed by atoms with Crippen LogP contribution in [0.4, 0.5) is 0 Å². The maximum Gasteiger partial charge on any atom is 0.310 e. The van der Waals surface area contributed by atoms with Gasteiger partial charge in [0.15, 0.2) is 0 Å². The van der Waals surface area contributed by atoms with Crippen molar-refractivity contribution >= 4 is 5.97 Å². The van der Waals surface area contributed by atoms with Crippen LogP contribution in [-0.2, 0) is 4.79 Å². The van der Waals surface area contributed by atoms with Crippen molar-refractivity contribution in [1.82, 2.24) is 0 Å². The van der Waals surface area contributed by atoms with Gasteiger partial charge in [-0.05, 0) is 84.9 Å². The van der Waals surface area contributed by atoms with Gasteiger partial charge in [-0.3, -0.25) is 4.79 Å². The van der Waals surface area contributed by atoms with E-state index >= 15 is 0 Å². The average Bonchev–Trinajstić information content (AvgIpc) is 2.80. The van der Waals surface area contributed by atoms with Crippen molar-refractivity contribution in [2.24, 2.45) is 50.2 Å². The first-order chi connectivity index (χ1) is 16.5. The highest BCUT2D eigenvalue weighted by Crippen LogP contribution is 2.75. The van der Waals surface area contributed by atoms with Crippen LogP contribution < -0.4 is 0 Å². The molecule has 0 amide bonds.